The maximum Gasteiger partial charge on any atom is 0.112 e. The van der Waals surface area contributed by atoms with Crippen molar-refractivity contribution in [3.8, 4) is 0 Å². The maximum absolute atomic E-state index is 2.44. The molecule has 0 nitrogen and oxygen atoms in total. The summed E-state index contributed by atoms with van der Waals surface area (Å²) in [6.07, 6.45) is 8.82. The van der Waals surface area contributed by atoms with Crippen LogP contribution >= 0.6 is 0 Å². The van der Waals surface area contributed by atoms with Crippen molar-refractivity contribution in [1.82, 2.24) is 0 Å². The van der Waals surface area contributed by atoms with E-state index >= 15 is 0 Å². The fraction of sp³-hybridized carbons (Fsp3) is 0.0526. The third kappa shape index (κ3) is 5.55. The number of hydrogen-bond acceptors (Lipinski definition) is 0. The molecule has 0 spiro atoms. The number of benzene rings is 6. The zero-order valence-electron chi connectivity index (χ0n) is 22.5. The van der Waals surface area contributed by atoms with Crippen LogP contribution < -0.4 is 10.4 Å². The average molecular weight is 517 g/mol. The standard InChI is InChI=1S/C38H32Si/c1-39(2,37-23-17-29(18-24-37)11-13-31-15-21-33-7-3-5-9-35(33)27-31)38-25-19-30(20-26-38)12-14-32-16-22-34-8-4-6-10-36(34)28-32/h3-28H,1-2H3. The van der Waals surface area contributed by atoms with E-state index in [1.807, 2.05) is 0 Å². The van der Waals surface area contributed by atoms with Crippen LogP contribution in [0.3, 0.4) is 0 Å². The highest BCUT2D eigenvalue weighted by molar-refractivity contribution is 7.00. The Bertz CT molecular complexity index is 1670. The molecule has 0 amide bonds. The van der Waals surface area contributed by atoms with E-state index in [2.05, 4.69) is 171 Å². The van der Waals surface area contributed by atoms with Crippen molar-refractivity contribution in [2.75, 3.05) is 0 Å². The predicted molar refractivity (Wildman–Crippen MR) is 175 cm³/mol. The fourth-order valence-electron chi connectivity index (χ4n) is 5.20. The molecule has 0 atom stereocenters. The SMILES string of the molecule is C[Si](C)(c1ccc(C=Cc2ccc3ccccc3c2)cc1)c1ccc(C=Cc2ccc3ccccc3c2)cc1. The molecule has 0 saturated heterocycles. The summed E-state index contributed by atoms with van der Waals surface area (Å²) < 4.78 is 0. The summed E-state index contributed by atoms with van der Waals surface area (Å²) in [5, 5.41) is 8.01. The summed E-state index contributed by atoms with van der Waals surface area (Å²) in [5.74, 6) is 0. The maximum atomic E-state index is 2.44. The van der Waals surface area contributed by atoms with Gasteiger partial charge in [-0.25, -0.2) is 0 Å². The first-order chi connectivity index (χ1) is 19.0. The van der Waals surface area contributed by atoms with Gasteiger partial charge in [-0.05, 0) is 55.9 Å². The quantitative estimate of drug-likeness (QED) is 0.153. The van der Waals surface area contributed by atoms with E-state index < -0.39 is 8.07 Å². The van der Waals surface area contributed by atoms with Crippen molar-refractivity contribution in [2.24, 2.45) is 0 Å². The highest BCUT2D eigenvalue weighted by Gasteiger charge is 2.25. The number of rotatable bonds is 6. The Hall–Kier alpha value is -4.46. The normalized spacial score (nSPS) is 12.2. The average Bonchev–Trinajstić information content (AvgIpc) is 2.99. The summed E-state index contributed by atoms with van der Waals surface area (Å²) >= 11 is 0. The van der Waals surface area contributed by atoms with E-state index in [4.69, 9.17) is 0 Å². The zero-order chi connectivity index (χ0) is 26.7. The smallest absolute Gasteiger partial charge is 0.0620 e. The highest BCUT2D eigenvalue weighted by Crippen LogP contribution is 2.19. The van der Waals surface area contributed by atoms with E-state index in [1.165, 1.54) is 54.2 Å². The van der Waals surface area contributed by atoms with Gasteiger partial charge in [-0.3, -0.25) is 0 Å². The Balaban J connectivity index is 1.15. The van der Waals surface area contributed by atoms with Gasteiger partial charge in [0.25, 0.3) is 0 Å². The first kappa shape index (κ1) is 24.8. The molecule has 0 saturated carbocycles. The molecule has 6 aromatic rings. The molecular formula is C38H32Si. The summed E-state index contributed by atoms with van der Waals surface area (Å²) in [4.78, 5) is 0. The molecule has 0 aliphatic rings. The monoisotopic (exact) mass is 516 g/mol. The van der Waals surface area contributed by atoms with Gasteiger partial charge in [0.1, 0.15) is 8.07 Å². The van der Waals surface area contributed by atoms with Crippen LogP contribution in [0.5, 0.6) is 0 Å². The highest BCUT2D eigenvalue weighted by atomic mass is 28.3. The Morgan fingerprint density at radius 3 is 1.10 bits per heavy atom. The minimum atomic E-state index is -1.78. The Morgan fingerprint density at radius 1 is 0.359 bits per heavy atom. The van der Waals surface area contributed by atoms with Crippen LogP contribution in [0.1, 0.15) is 22.3 Å². The van der Waals surface area contributed by atoms with Crippen LogP contribution in [0.15, 0.2) is 133 Å². The molecule has 6 rings (SSSR count). The predicted octanol–water partition coefficient (Wildman–Crippen LogP) is 9.16. The fourth-order valence-corrected chi connectivity index (χ4v) is 7.53. The summed E-state index contributed by atoms with van der Waals surface area (Å²) in [7, 11) is -1.78. The number of fused-ring (bicyclic) bond motifs is 2. The van der Waals surface area contributed by atoms with E-state index in [-0.39, 0.29) is 0 Å². The van der Waals surface area contributed by atoms with Gasteiger partial charge < -0.3 is 0 Å². The topological polar surface area (TPSA) is 0 Å². The molecule has 6 aromatic carbocycles. The molecule has 0 bridgehead atoms. The summed E-state index contributed by atoms with van der Waals surface area (Å²) in [5.41, 5.74) is 4.90. The molecule has 39 heavy (non-hydrogen) atoms. The lowest BCUT2D eigenvalue weighted by atomic mass is 10.1. The molecule has 0 fully saturated rings. The van der Waals surface area contributed by atoms with E-state index in [1.54, 1.807) is 0 Å². The van der Waals surface area contributed by atoms with Crippen molar-refractivity contribution < 1.29 is 0 Å². The molecule has 0 radical (unpaired) electrons. The van der Waals surface area contributed by atoms with Gasteiger partial charge in [-0.15, -0.1) is 0 Å². The molecule has 0 N–H and O–H groups in total. The van der Waals surface area contributed by atoms with Gasteiger partial charge in [0.2, 0.25) is 0 Å². The van der Waals surface area contributed by atoms with Gasteiger partial charge in [0.05, 0.1) is 0 Å². The first-order valence-corrected chi connectivity index (χ1v) is 16.6. The minimum absolute atomic E-state index is 1.22. The molecule has 0 aliphatic heterocycles. The molecule has 1 heteroatoms. The third-order valence-corrected chi connectivity index (χ3v) is 11.3. The van der Waals surface area contributed by atoms with Crippen LogP contribution in [0.25, 0.3) is 45.8 Å². The van der Waals surface area contributed by atoms with Gasteiger partial charge >= 0.3 is 0 Å². The van der Waals surface area contributed by atoms with Crippen LogP contribution in [-0.2, 0) is 0 Å². The zero-order valence-corrected chi connectivity index (χ0v) is 23.5. The molecule has 0 aromatic heterocycles. The van der Waals surface area contributed by atoms with Crippen molar-refractivity contribution in [1.29, 1.82) is 0 Å². The lowest BCUT2D eigenvalue weighted by Crippen LogP contribution is -2.52. The second-order valence-electron chi connectivity index (χ2n) is 10.7. The second kappa shape index (κ2) is 10.7. The Labute approximate surface area is 232 Å². The van der Waals surface area contributed by atoms with Crippen LogP contribution in [0.4, 0.5) is 0 Å². The molecule has 0 heterocycles. The van der Waals surface area contributed by atoms with Crippen molar-refractivity contribution in [3.63, 3.8) is 0 Å². The van der Waals surface area contributed by atoms with Crippen LogP contribution in [0, 0.1) is 0 Å². The molecular weight excluding hydrogens is 485 g/mol. The van der Waals surface area contributed by atoms with Crippen molar-refractivity contribution >= 4 is 64.3 Å². The van der Waals surface area contributed by atoms with Gasteiger partial charge in [0, 0.05) is 0 Å². The van der Waals surface area contributed by atoms with E-state index in [9.17, 15) is 0 Å². The molecule has 0 aliphatic carbocycles. The number of hydrogen-bond donors (Lipinski definition) is 0. The largest absolute Gasteiger partial charge is 0.112 e. The Morgan fingerprint density at radius 2 is 0.692 bits per heavy atom. The van der Waals surface area contributed by atoms with Crippen molar-refractivity contribution in [3.05, 3.63) is 156 Å². The van der Waals surface area contributed by atoms with Crippen molar-refractivity contribution in [2.45, 2.75) is 13.1 Å². The molecule has 0 unspecified atom stereocenters. The second-order valence-corrected chi connectivity index (χ2v) is 15.2. The van der Waals surface area contributed by atoms with E-state index in [0.717, 1.165) is 0 Å². The van der Waals surface area contributed by atoms with Crippen LogP contribution in [-0.4, -0.2) is 8.07 Å². The van der Waals surface area contributed by atoms with E-state index in [0.29, 0.717) is 0 Å². The lowest BCUT2D eigenvalue weighted by molar-refractivity contribution is 1.63. The lowest BCUT2D eigenvalue weighted by Gasteiger charge is -2.24. The van der Waals surface area contributed by atoms with Crippen LogP contribution in [0.2, 0.25) is 13.1 Å². The first-order valence-electron chi connectivity index (χ1n) is 13.6. The molecule has 188 valence electrons. The van der Waals surface area contributed by atoms with Gasteiger partial charge in [-0.2, -0.15) is 0 Å². The summed E-state index contributed by atoms with van der Waals surface area (Å²) in [6, 6.07) is 48.5. The minimum Gasteiger partial charge on any atom is -0.0620 e. The van der Waals surface area contributed by atoms with Gasteiger partial charge in [0.15, 0.2) is 0 Å². The third-order valence-electron chi connectivity index (χ3n) is 7.75. The Kier molecular flexibility index (Phi) is 6.83. The summed E-state index contributed by atoms with van der Waals surface area (Å²) in [6.45, 7) is 4.87. The van der Waals surface area contributed by atoms with Gasteiger partial charge in [-0.1, -0.05) is 169 Å².